The summed E-state index contributed by atoms with van der Waals surface area (Å²) in [4.78, 5) is 0.229. The van der Waals surface area contributed by atoms with Crippen LogP contribution in [-0.2, 0) is 16.6 Å². The van der Waals surface area contributed by atoms with Crippen LogP contribution < -0.4 is 9.46 Å². The molecule has 0 saturated carbocycles. The van der Waals surface area contributed by atoms with E-state index in [1.165, 1.54) is 0 Å². The highest BCUT2D eigenvalue weighted by molar-refractivity contribution is 7.89. The van der Waals surface area contributed by atoms with Crippen molar-refractivity contribution in [2.24, 2.45) is 0 Å². The number of benzene rings is 3. The van der Waals surface area contributed by atoms with E-state index in [0.717, 1.165) is 16.6 Å². The van der Waals surface area contributed by atoms with E-state index in [-0.39, 0.29) is 11.4 Å². The quantitative estimate of drug-likeness (QED) is 0.544. The summed E-state index contributed by atoms with van der Waals surface area (Å²) in [6.45, 7) is 0.178. The second-order valence-corrected chi connectivity index (χ2v) is 7.99. The fraction of sp³-hybridized carbons (Fsp3) is 0.0952. The van der Waals surface area contributed by atoms with Crippen molar-refractivity contribution in [1.29, 1.82) is 0 Å². The highest BCUT2D eigenvalue weighted by atomic mass is 32.2. The van der Waals surface area contributed by atoms with E-state index in [0.29, 0.717) is 11.1 Å². The van der Waals surface area contributed by atoms with Gasteiger partial charge in [-0.2, -0.15) is 5.10 Å². The number of nitrogens with one attached hydrogen (secondary N) is 1. The predicted molar refractivity (Wildman–Crippen MR) is 108 cm³/mol. The molecular weight excluding hydrogens is 374 g/mol. The van der Waals surface area contributed by atoms with Gasteiger partial charge in [-0.05, 0) is 35.9 Å². The van der Waals surface area contributed by atoms with Gasteiger partial charge < -0.3 is 4.74 Å². The molecule has 7 heteroatoms. The smallest absolute Gasteiger partial charge is 0.241 e. The Labute approximate surface area is 163 Å². The summed E-state index contributed by atoms with van der Waals surface area (Å²) in [6.07, 6.45) is 3.54. The van der Waals surface area contributed by atoms with Gasteiger partial charge in [0.2, 0.25) is 10.0 Å². The average molecular weight is 393 g/mol. The molecule has 0 aliphatic carbocycles. The van der Waals surface area contributed by atoms with Crippen molar-refractivity contribution >= 4 is 20.8 Å². The molecule has 6 nitrogen and oxygen atoms in total. The van der Waals surface area contributed by atoms with Gasteiger partial charge in [0.05, 0.1) is 17.7 Å². The van der Waals surface area contributed by atoms with Crippen molar-refractivity contribution in [2.45, 2.75) is 11.4 Å². The van der Waals surface area contributed by atoms with Gasteiger partial charge in [-0.25, -0.2) is 17.8 Å². The van der Waals surface area contributed by atoms with Crippen LogP contribution in [0.4, 0.5) is 0 Å². The fourth-order valence-electron chi connectivity index (χ4n) is 3.14. The van der Waals surface area contributed by atoms with Crippen LogP contribution in [0.25, 0.3) is 16.5 Å². The molecule has 142 valence electrons. The number of hydrogen-bond acceptors (Lipinski definition) is 4. The second-order valence-electron chi connectivity index (χ2n) is 6.26. The van der Waals surface area contributed by atoms with Crippen molar-refractivity contribution in [3.05, 3.63) is 84.7 Å². The molecule has 0 radical (unpaired) electrons. The molecule has 0 saturated heterocycles. The van der Waals surface area contributed by atoms with Crippen LogP contribution in [0.3, 0.4) is 0 Å². The molecule has 1 N–H and O–H groups in total. The summed E-state index contributed by atoms with van der Waals surface area (Å²) in [6, 6.07) is 20.0. The maximum Gasteiger partial charge on any atom is 0.241 e. The maximum atomic E-state index is 13.0. The Kier molecular flexibility index (Phi) is 4.85. The monoisotopic (exact) mass is 393 g/mol. The number of fused-ring (bicyclic) bond motifs is 1. The number of aromatic nitrogens is 2. The van der Waals surface area contributed by atoms with Gasteiger partial charge in [0, 0.05) is 29.7 Å². The van der Waals surface area contributed by atoms with Crippen LogP contribution in [0.5, 0.6) is 5.75 Å². The average Bonchev–Trinajstić information content (AvgIpc) is 3.27. The third-order valence-corrected chi connectivity index (χ3v) is 5.96. The molecule has 0 aliphatic heterocycles. The molecule has 4 aromatic rings. The normalized spacial score (nSPS) is 11.6. The Hall–Kier alpha value is -3.16. The van der Waals surface area contributed by atoms with E-state index < -0.39 is 10.0 Å². The van der Waals surface area contributed by atoms with E-state index in [1.807, 2.05) is 54.7 Å². The van der Waals surface area contributed by atoms with Gasteiger partial charge in [0.1, 0.15) is 5.75 Å². The number of hydrogen-bond donors (Lipinski definition) is 1. The zero-order valence-corrected chi connectivity index (χ0v) is 16.1. The minimum atomic E-state index is -3.70. The van der Waals surface area contributed by atoms with Crippen molar-refractivity contribution in [3.8, 4) is 11.4 Å². The molecule has 0 bridgehead atoms. The van der Waals surface area contributed by atoms with Crippen LogP contribution in [-0.4, -0.2) is 25.3 Å². The molecule has 3 aromatic carbocycles. The first-order valence-electron chi connectivity index (χ1n) is 8.73. The molecule has 4 rings (SSSR count). The first kappa shape index (κ1) is 18.2. The summed E-state index contributed by atoms with van der Waals surface area (Å²) < 4.78 is 35.7. The van der Waals surface area contributed by atoms with E-state index >= 15 is 0 Å². The maximum absolute atomic E-state index is 13.0. The molecule has 28 heavy (non-hydrogen) atoms. The lowest BCUT2D eigenvalue weighted by Gasteiger charge is -2.12. The summed E-state index contributed by atoms with van der Waals surface area (Å²) in [7, 11) is -2.13. The first-order chi connectivity index (χ1) is 13.6. The standard InChI is InChI=1S/C21H19N3O3S/c1-27-20-10-11-21(19-9-3-2-8-18(19)20)28(25,26)23-15-16-6-4-7-17(14-16)24-13-5-12-22-24/h2-14,23H,15H2,1H3. The topological polar surface area (TPSA) is 73.2 Å². The van der Waals surface area contributed by atoms with Crippen LogP contribution in [0.2, 0.25) is 0 Å². The van der Waals surface area contributed by atoms with E-state index in [1.54, 1.807) is 36.2 Å². The number of methoxy groups -OCH3 is 1. The summed E-state index contributed by atoms with van der Waals surface area (Å²) in [5.41, 5.74) is 1.71. The molecule has 0 amide bonds. The van der Waals surface area contributed by atoms with Crippen molar-refractivity contribution in [2.75, 3.05) is 7.11 Å². The lowest BCUT2D eigenvalue weighted by molar-refractivity contribution is 0.419. The van der Waals surface area contributed by atoms with Crippen LogP contribution >= 0.6 is 0 Å². The van der Waals surface area contributed by atoms with Crippen LogP contribution in [0, 0.1) is 0 Å². The number of nitrogens with zero attached hydrogens (tertiary/aromatic N) is 2. The summed E-state index contributed by atoms with van der Waals surface area (Å²) >= 11 is 0. The summed E-state index contributed by atoms with van der Waals surface area (Å²) in [5, 5.41) is 5.58. The zero-order valence-electron chi connectivity index (χ0n) is 15.2. The Morgan fingerprint density at radius 1 is 1.00 bits per heavy atom. The predicted octanol–water partition coefficient (Wildman–Crippen LogP) is 3.51. The Bertz CT molecular complexity index is 1220. The molecule has 0 fully saturated rings. The molecule has 0 aliphatic rings. The lowest BCUT2D eigenvalue weighted by atomic mass is 10.1. The van der Waals surface area contributed by atoms with Crippen molar-refractivity contribution < 1.29 is 13.2 Å². The highest BCUT2D eigenvalue weighted by Gasteiger charge is 2.18. The SMILES string of the molecule is COc1ccc(S(=O)(=O)NCc2cccc(-n3cccn3)c2)c2ccccc12. The van der Waals surface area contributed by atoms with Crippen molar-refractivity contribution in [3.63, 3.8) is 0 Å². The van der Waals surface area contributed by atoms with Crippen LogP contribution in [0.15, 0.2) is 84.0 Å². The highest BCUT2D eigenvalue weighted by Crippen LogP contribution is 2.30. The van der Waals surface area contributed by atoms with Gasteiger partial charge >= 0.3 is 0 Å². The molecule has 0 spiro atoms. The zero-order chi connectivity index (χ0) is 19.6. The Balaban J connectivity index is 1.63. The molecule has 0 atom stereocenters. The lowest BCUT2D eigenvalue weighted by Crippen LogP contribution is -2.23. The van der Waals surface area contributed by atoms with Gasteiger partial charge in [0.25, 0.3) is 0 Å². The van der Waals surface area contributed by atoms with E-state index in [4.69, 9.17) is 4.74 Å². The first-order valence-corrected chi connectivity index (χ1v) is 10.2. The molecule has 0 unspecified atom stereocenters. The molecule has 1 aromatic heterocycles. The van der Waals surface area contributed by atoms with E-state index in [2.05, 4.69) is 9.82 Å². The van der Waals surface area contributed by atoms with Gasteiger partial charge in [-0.3, -0.25) is 0 Å². The number of ether oxygens (including phenoxy) is 1. The van der Waals surface area contributed by atoms with Gasteiger partial charge in [0.15, 0.2) is 0 Å². The fourth-order valence-corrected chi connectivity index (χ4v) is 4.37. The third-order valence-electron chi connectivity index (χ3n) is 4.50. The minimum absolute atomic E-state index is 0.178. The minimum Gasteiger partial charge on any atom is -0.496 e. The van der Waals surface area contributed by atoms with Gasteiger partial charge in [-0.1, -0.05) is 36.4 Å². The van der Waals surface area contributed by atoms with Gasteiger partial charge in [-0.15, -0.1) is 0 Å². The Morgan fingerprint density at radius 2 is 1.82 bits per heavy atom. The largest absolute Gasteiger partial charge is 0.496 e. The Morgan fingerprint density at radius 3 is 2.57 bits per heavy atom. The van der Waals surface area contributed by atoms with Crippen LogP contribution in [0.1, 0.15) is 5.56 Å². The third kappa shape index (κ3) is 3.49. The van der Waals surface area contributed by atoms with E-state index in [9.17, 15) is 8.42 Å². The second kappa shape index (κ2) is 7.46. The van der Waals surface area contributed by atoms with Crippen molar-refractivity contribution in [1.82, 2.24) is 14.5 Å². The number of rotatable bonds is 6. The number of sulfonamides is 1. The molecule has 1 heterocycles. The molecular formula is C21H19N3O3S. The summed E-state index contributed by atoms with van der Waals surface area (Å²) in [5.74, 6) is 0.640.